The fourth-order valence-corrected chi connectivity index (χ4v) is 4.02. The summed E-state index contributed by atoms with van der Waals surface area (Å²) in [5.41, 5.74) is 1.77. The van der Waals surface area contributed by atoms with Crippen LogP contribution in [0.1, 0.15) is 0 Å². The highest BCUT2D eigenvalue weighted by Gasteiger charge is 2.20. The molecule has 3 rings (SSSR count). The maximum atomic E-state index is 6.03. The lowest BCUT2D eigenvalue weighted by atomic mass is 10.3. The minimum absolute atomic E-state index is 0.564. The second-order valence-electron chi connectivity index (χ2n) is 3.95. The largest absolute Gasteiger partial charge is 0.226 e. The van der Waals surface area contributed by atoms with Crippen molar-refractivity contribution in [3.63, 3.8) is 0 Å². The smallest absolute Gasteiger partial charge is 0.210 e. The molecule has 0 aliphatic rings. The summed E-state index contributed by atoms with van der Waals surface area (Å²) in [7, 11) is 1.73. The first-order valence-electron chi connectivity index (χ1n) is 5.50. The molecular weight excluding hydrogens is 505 g/mol. The maximum absolute atomic E-state index is 6.03. The van der Waals surface area contributed by atoms with E-state index in [4.69, 9.17) is 11.6 Å². The molecule has 0 unspecified atom stereocenters. The Morgan fingerprint density at radius 3 is 2.65 bits per heavy atom. The third kappa shape index (κ3) is 2.55. The van der Waals surface area contributed by atoms with Gasteiger partial charge in [0.2, 0.25) is 5.82 Å². The maximum Gasteiger partial charge on any atom is 0.210 e. The van der Waals surface area contributed by atoms with Crippen LogP contribution in [0.3, 0.4) is 0 Å². The first-order valence-corrected chi connectivity index (χ1v) is 8.04. The van der Waals surface area contributed by atoms with Crippen LogP contribution in [0.5, 0.6) is 0 Å². The molecule has 0 saturated carbocycles. The summed E-state index contributed by atoms with van der Waals surface area (Å²) in [6.07, 6.45) is 0. The minimum atomic E-state index is 0.564. The van der Waals surface area contributed by atoms with Gasteiger partial charge in [0.05, 0.1) is 18.3 Å². The van der Waals surface area contributed by atoms with Crippen molar-refractivity contribution in [3.05, 3.63) is 36.7 Å². The molecule has 0 spiro atoms. The van der Waals surface area contributed by atoms with Crippen molar-refractivity contribution < 1.29 is 0 Å². The van der Waals surface area contributed by atoms with Gasteiger partial charge < -0.3 is 0 Å². The van der Waals surface area contributed by atoms with Crippen LogP contribution in [-0.4, -0.2) is 30.0 Å². The highest BCUT2D eigenvalue weighted by Crippen LogP contribution is 2.29. The van der Waals surface area contributed by atoms with E-state index in [9.17, 15) is 0 Å². The van der Waals surface area contributed by atoms with Crippen molar-refractivity contribution in [2.24, 2.45) is 7.05 Å². The van der Waals surface area contributed by atoms with Gasteiger partial charge in [-0.25, -0.2) is 4.68 Å². The Morgan fingerprint density at radius 1 is 1.20 bits per heavy atom. The summed E-state index contributed by atoms with van der Waals surface area (Å²) in [4.78, 5) is 1.43. The molecule has 6 nitrogen and oxygen atoms in total. The lowest BCUT2D eigenvalue weighted by Gasteiger charge is -2.03. The van der Waals surface area contributed by atoms with Crippen LogP contribution in [0.15, 0.2) is 24.3 Å². The van der Waals surface area contributed by atoms with Crippen molar-refractivity contribution in [2.45, 2.75) is 0 Å². The number of aryl methyl sites for hydroxylation is 1. The monoisotopic (exact) mass is 512 g/mol. The summed E-state index contributed by atoms with van der Waals surface area (Å²) in [6, 6.07) is 7.53. The van der Waals surface area contributed by atoms with Crippen LogP contribution >= 0.6 is 56.8 Å². The van der Waals surface area contributed by atoms with Gasteiger partial charge in [0, 0.05) is 5.02 Å². The molecule has 0 N–H and O–H groups in total. The van der Waals surface area contributed by atoms with Crippen LogP contribution in [0.4, 0.5) is 0 Å². The molecule has 0 aliphatic heterocycles. The van der Waals surface area contributed by atoms with Crippen molar-refractivity contribution in [1.29, 1.82) is 0 Å². The van der Waals surface area contributed by atoms with Gasteiger partial charge in [-0.05, 0) is 68.6 Å². The summed E-state index contributed by atoms with van der Waals surface area (Å²) in [5, 5.41) is 17.3. The van der Waals surface area contributed by atoms with E-state index in [2.05, 4.69) is 65.7 Å². The Morgan fingerprint density at radius 2 is 2.00 bits per heavy atom. The summed E-state index contributed by atoms with van der Waals surface area (Å²) >= 11 is 10.4. The van der Waals surface area contributed by atoms with E-state index >= 15 is 0 Å². The Hall–Kier alpha value is -0.750. The van der Waals surface area contributed by atoms with Crippen LogP contribution in [0, 0.1) is 7.40 Å². The van der Waals surface area contributed by atoms with E-state index in [1.807, 2.05) is 28.9 Å². The average molecular weight is 512 g/mol. The second-order valence-corrected chi connectivity index (χ2v) is 6.43. The van der Waals surface area contributed by atoms with Crippen LogP contribution < -0.4 is 0 Å². The number of hydrogen-bond donors (Lipinski definition) is 0. The Balaban J connectivity index is 2.16. The third-order valence-electron chi connectivity index (χ3n) is 2.57. The van der Waals surface area contributed by atoms with Crippen LogP contribution in [0.25, 0.3) is 17.1 Å². The van der Waals surface area contributed by atoms with Gasteiger partial charge in [0.15, 0.2) is 0 Å². The van der Waals surface area contributed by atoms with Gasteiger partial charge in [-0.15, -0.1) is 10.2 Å². The molecule has 3 aromatic rings. The standard InChI is InChI=1S/C11H7ClI2N6/c1-19-17-11(15-18-19)8-9(13)16-20(10(8)14)7-4-2-3-6(12)5-7/h2-5H,1H3. The third-order valence-corrected chi connectivity index (χ3v) is 4.56. The predicted octanol–water partition coefficient (Wildman–Crippen LogP) is 2.93. The second kappa shape index (κ2) is 5.56. The molecule has 1 aromatic carbocycles. The van der Waals surface area contributed by atoms with Crippen LogP contribution in [0.2, 0.25) is 5.02 Å². The van der Waals surface area contributed by atoms with Gasteiger partial charge in [-0.3, -0.25) is 0 Å². The zero-order chi connectivity index (χ0) is 14.3. The number of tetrazole rings is 1. The number of nitrogens with zero attached hydrogens (tertiary/aromatic N) is 6. The van der Waals surface area contributed by atoms with Crippen molar-refractivity contribution in [1.82, 2.24) is 30.0 Å². The number of hydrogen-bond acceptors (Lipinski definition) is 4. The van der Waals surface area contributed by atoms with Gasteiger partial charge >= 0.3 is 0 Å². The fraction of sp³-hybridized carbons (Fsp3) is 0.0909. The summed E-state index contributed by atoms with van der Waals surface area (Å²) in [6.45, 7) is 0. The molecule has 0 bridgehead atoms. The number of aromatic nitrogens is 6. The molecule has 20 heavy (non-hydrogen) atoms. The van der Waals surface area contributed by atoms with E-state index < -0.39 is 0 Å². The first-order chi connectivity index (χ1) is 9.56. The molecule has 0 amide bonds. The number of halogens is 3. The van der Waals surface area contributed by atoms with Crippen LogP contribution in [-0.2, 0) is 7.05 Å². The average Bonchev–Trinajstić information content (AvgIpc) is 2.93. The summed E-state index contributed by atoms with van der Waals surface area (Å²) < 4.78 is 3.56. The lowest BCUT2D eigenvalue weighted by molar-refractivity contribution is 0.630. The Labute approximate surface area is 146 Å². The van der Waals surface area contributed by atoms with Gasteiger partial charge in [-0.2, -0.15) is 9.90 Å². The van der Waals surface area contributed by atoms with Crippen molar-refractivity contribution in [2.75, 3.05) is 0 Å². The Kier molecular flexibility index (Phi) is 3.95. The quantitative estimate of drug-likeness (QED) is 0.496. The molecule has 0 fully saturated rings. The van der Waals surface area contributed by atoms with Gasteiger partial charge in [0.1, 0.15) is 7.40 Å². The Bertz CT molecular complexity index is 781. The van der Waals surface area contributed by atoms with E-state index in [0.717, 1.165) is 18.7 Å². The molecule has 0 atom stereocenters. The SMILES string of the molecule is Cn1nnc(-c2c(I)nn(-c3cccc(Cl)c3)c2I)n1. The van der Waals surface area contributed by atoms with E-state index in [1.54, 1.807) is 7.05 Å². The molecule has 102 valence electrons. The number of benzene rings is 1. The lowest BCUT2D eigenvalue weighted by Crippen LogP contribution is -1.99. The topological polar surface area (TPSA) is 61.4 Å². The minimum Gasteiger partial charge on any atom is -0.226 e. The van der Waals surface area contributed by atoms with E-state index in [1.165, 1.54) is 4.80 Å². The molecule has 2 heterocycles. The zero-order valence-electron chi connectivity index (χ0n) is 10.1. The molecule has 2 aromatic heterocycles. The number of rotatable bonds is 2. The zero-order valence-corrected chi connectivity index (χ0v) is 15.2. The molecule has 9 heteroatoms. The fourth-order valence-electron chi connectivity index (χ4n) is 1.72. The van der Waals surface area contributed by atoms with Gasteiger partial charge in [0.25, 0.3) is 0 Å². The molecule has 0 saturated heterocycles. The van der Waals surface area contributed by atoms with Crippen molar-refractivity contribution in [3.8, 4) is 17.1 Å². The van der Waals surface area contributed by atoms with Crippen molar-refractivity contribution >= 4 is 56.8 Å². The highest BCUT2D eigenvalue weighted by molar-refractivity contribution is 14.1. The molecule has 0 aliphatic carbocycles. The predicted molar refractivity (Wildman–Crippen MR) is 91.8 cm³/mol. The van der Waals surface area contributed by atoms with E-state index in [-0.39, 0.29) is 0 Å². The molecule has 0 radical (unpaired) electrons. The highest BCUT2D eigenvalue weighted by atomic mass is 127. The van der Waals surface area contributed by atoms with E-state index in [0.29, 0.717) is 10.8 Å². The summed E-state index contributed by atoms with van der Waals surface area (Å²) in [5.74, 6) is 0.564. The normalized spacial score (nSPS) is 11.0. The molecular formula is C11H7ClI2N6. The van der Waals surface area contributed by atoms with Gasteiger partial charge in [-0.1, -0.05) is 17.7 Å². The first kappa shape index (κ1) is 14.2.